The Labute approximate surface area is 159 Å². The summed E-state index contributed by atoms with van der Waals surface area (Å²) >= 11 is 1.72. The van der Waals surface area contributed by atoms with Crippen LogP contribution in [0.25, 0.3) is 0 Å². The second kappa shape index (κ2) is 8.35. The van der Waals surface area contributed by atoms with E-state index < -0.39 is 0 Å². The largest absolute Gasteiger partial charge is 0.349 e. The van der Waals surface area contributed by atoms with Crippen LogP contribution in [0, 0.1) is 0 Å². The second-order valence-corrected chi connectivity index (χ2v) is 8.71. The van der Waals surface area contributed by atoms with Gasteiger partial charge >= 0.3 is 0 Å². The van der Waals surface area contributed by atoms with Crippen LogP contribution in [-0.4, -0.2) is 39.9 Å². The first-order valence-electron chi connectivity index (χ1n) is 9.90. The number of nitrogens with zero attached hydrogens (tertiary/aromatic N) is 2. The number of aromatic nitrogens is 2. The van der Waals surface area contributed by atoms with Crippen LogP contribution in [0.1, 0.15) is 64.3 Å². The van der Waals surface area contributed by atoms with Gasteiger partial charge < -0.3 is 10.3 Å². The summed E-state index contributed by atoms with van der Waals surface area (Å²) in [6, 6.07) is 2.44. The quantitative estimate of drug-likeness (QED) is 0.807. The maximum Gasteiger partial charge on any atom is 0.261 e. The molecule has 6 heteroatoms. The van der Waals surface area contributed by atoms with Gasteiger partial charge in [0.25, 0.3) is 5.91 Å². The Morgan fingerprint density at radius 3 is 3.04 bits per heavy atom. The number of likely N-dealkylation sites (tertiary alicyclic amines) is 1. The fourth-order valence-electron chi connectivity index (χ4n) is 4.11. The van der Waals surface area contributed by atoms with Crippen molar-refractivity contribution in [1.29, 1.82) is 0 Å². The standard InChI is InChI=1S/C20H28N4OS/c25-20(19-11-15-5-2-1-3-7-18(15)26-19)23-16-6-4-9-24(10-8-16)13-17-12-21-14-22-17/h11-12,14,16H,1-10,13H2,(H,21,22)(H,23,25). The number of H-pyrrole nitrogens is 1. The first-order chi connectivity index (χ1) is 12.8. The van der Waals surface area contributed by atoms with E-state index in [1.807, 2.05) is 6.20 Å². The molecule has 1 unspecified atom stereocenters. The fraction of sp³-hybridized carbons (Fsp3) is 0.600. The number of thiophene rings is 1. The van der Waals surface area contributed by atoms with Crippen molar-refractivity contribution in [2.75, 3.05) is 13.1 Å². The molecule has 26 heavy (non-hydrogen) atoms. The second-order valence-electron chi connectivity index (χ2n) is 7.57. The zero-order chi connectivity index (χ0) is 17.8. The van der Waals surface area contributed by atoms with E-state index in [0.717, 1.165) is 62.3 Å². The average molecular weight is 373 g/mol. The Balaban J connectivity index is 1.32. The Morgan fingerprint density at radius 2 is 2.15 bits per heavy atom. The van der Waals surface area contributed by atoms with E-state index in [4.69, 9.17) is 0 Å². The number of aromatic amines is 1. The van der Waals surface area contributed by atoms with Crippen LogP contribution in [0.4, 0.5) is 0 Å². The average Bonchev–Trinajstić information content (AvgIpc) is 3.17. The highest BCUT2D eigenvalue weighted by atomic mass is 32.1. The summed E-state index contributed by atoms with van der Waals surface area (Å²) in [5.74, 6) is 0.134. The molecule has 1 aliphatic carbocycles. The van der Waals surface area contributed by atoms with Gasteiger partial charge in [-0.1, -0.05) is 6.42 Å². The first-order valence-corrected chi connectivity index (χ1v) is 10.7. The Hall–Kier alpha value is -1.66. The number of fused-ring (bicyclic) bond motifs is 1. The van der Waals surface area contributed by atoms with E-state index in [1.165, 1.54) is 29.7 Å². The van der Waals surface area contributed by atoms with Crippen molar-refractivity contribution in [3.8, 4) is 0 Å². The molecule has 2 aromatic heterocycles. The van der Waals surface area contributed by atoms with Gasteiger partial charge in [0.15, 0.2) is 0 Å². The number of rotatable bonds is 4. The highest BCUT2D eigenvalue weighted by Crippen LogP contribution is 2.29. The molecule has 1 aliphatic heterocycles. The Morgan fingerprint density at radius 1 is 1.23 bits per heavy atom. The molecule has 4 rings (SSSR count). The minimum atomic E-state index is 0.134. The van der Waals surface area contributed by atoms with Gasteiger partial charge in [-0.2, -0.15) is 0 Å². The number of amides is 1. The minimum Gasteiger partial charge on any atom is -0.349 e. The van der Waals surface area contributed by atoms with Crippen molar-refractivity contribution < 1.29 is 4.79 Å². The monoisotopic (exact) mass is 372 g/mol. The normalized spacial score (nSPS) is 21.6. The number of hydrogen-bond acceptors (Lipinski definition) is 4. The maximum atomic E-state index is 12.7. The van der Waals surface area contributed by atoms with Crippen molar-refractivity contribution in [2.45, 2.75) is 64.0 Å². The van der Waals surface area contributed by atoms with Crippen LogP contribution in [0.3, 0.4) is 0 Å². The molecule has 0 spiro atoms. The van der Waals surface area contributed by atoms with Crippen LogP contribution in [0.5, 0.6) is 0 Å². The van der Waals surface area contributed by atoms with E-state index in [9.17, 15) is 4.79 Å². The summed E-state index contributed by atoms with van der Waals surface area (Å²) in [5, 5.41) is 3.30. The maximum absolute atomic E-state index is 12.7. The molecule has 2 N–H and O–H groups in total. The molecule has 140 valence electrons. The zero-order valence-electron chi connectivity index (χ0n) is 15.3. The van der Waals surface area contributed by atoms with Crippen LogP contribution in [-0.2, 0) is 19.4 Å². The third-order valence-corrected chi connectivity index (χ3v) is 6.81. The lowest BCUT2D eigenvalue weighted by Gasteiger charge is -2.19. The molecule has 2 aromatic rings. The molecule has 3 heterocycles. The van der Waals surface area contributed by atoms with Crippen LogP contribution >= 0.6 is 11.3 Å². The van der Waals surface area contributed by atoms with Gasteiger partial charge in [-0.3, -0.25) is 9.69 Å². The van der Waals surface area contributed by atoms with E-state index >= 15 is 0 Å². The number of hydrogen-bond donors (Lipinski definition) is 2. The van der Waals surface area contributed by atoms with Gasteiger partial charge in [0.1, 0.15) is 0 Å². The molecule has 0 radical (unpaired) electrons. The van der Waals surface area contributed by atoms with Gasteiger partial charge in [-0.05, 0) is 63.1 Å². The van der Waals surface area contributed by atoms with Crippen molar-refractivity contribution in [2.24, 2.45) is 0 Å². The molecule has 1 fully saturated rings. The number of nitrogens with one attached hydrogen (secondary N) is 2. The molecule has 2 aliphatic rings. The molecule has 1 saturated heterocycles. The molecule has 5 nitrogen and oxygen atoms in total. The van der Waals surface area contributed by atoms with Crippen molar-refractivity contribution >= 4 is 17.2 Å². The van der Waals surface area contributed by atoms with Crippen LogP contribution < -0.4 is 5.32 Å². The van der Waals surface area contributed by atoms with E-state index in [0.29, 0.717) is 0 Å². The lowest BCUT2D eigenvalue weighted by Crippen LogP contribution is -2.35. The van der Waals surface area contributed by atoms with Gasteiger partial charge in [0.2, 0.25) is 0 Å². The molecule has 1 atom stereocenters. The summed E-state index contributed by atoms with van der Waals surface area (Å²) < 4.78 is 0. The molecule has 0 saturated carbocycles. The number of carbonyl (C=O) groups excluding carboxylic acids is 1. The SMILES string of the molecule is O=C(NC1CCCN(Cc2cnc[nH]2)CC1)c1cc2c(s1)CCCCC2. The number of carbonyl (C=O) groups is 1. The summed E-state index contributed by atoms with van der Waals surface area (Å²) in [4.78, 5) is 24.8. The number of imidazole rings is 1. The summed E-state index contributed by atoms with van der Waals surface area (Å²) in [7, 11) is 0. The molecular weight excluding hydrogens is 344 g/mol. The summed E-state index contributed by atoms with van der Waals surface area (Å²) in [5.41, 5.74) is 2.58. The molecule has 1 amide bonds. The van der Waals surface area contributed by atoms with Crippen LogP contribution in [0.2, 0.25) is 0 Å². The van der Waals surface area contributed by atoms with E-state index in [2.05, 4.69) is 26.3 Å². The molecular formula is C20H28N4OS. The Kier molecular flexibility index (Phi) is 5.70. The molecule has 0 aromatic carbocycles. The number of aryl methyl sites for hydroxylation is 2. The predicted molar refractivity (Wildman–Crippen MR) is 105 cm³/mol. The third-order valence-electron chi connectivity index (χ3n) is 5.58. The summed E-state index contributed by atoms with van der Waals surface area (Å²) in [6.07, 6.45) is 13.0. The minimum absolute atomic E-state index is 0.134. The summed E-state index contributed by atoms with van der Waals surface area (Å²) in [6.45, 7) is 3.02. The highest BCUT2D eigenvalue weighted by Gasteiger charge is 2.22. The van der Waals surface area contributed by atoms with Gasteiger partial charge in [0.05, 0.1) is 11.2 Å². The highest BCUT2D eigenvalue weighted by molar-refractivity contribution is 7.14. The zero-order valence-corrected chi connectivity index (χ0v) is 16.1. The smallest absolute Gasteiger partial charge is 0.261 e. The lowest BCUT2D eigenvalue weighted by molar-refractivity contribution is 0.0937. The van der Waals surface area contributed by atoms with Crippen molar-refractivity contribution in [1.82, 2.24) is 20.2 Å². The predicted octanol–water partition coefficient (Wildman–Crippen LogP) is 3.52. The van der Waals surface area contributed by atoms with Gasteiger partial charge in [-0.25, -0.2) is 4.98 Å². The fourth-order valence-corrected chi connectivity index (χ4v) is 5.26. The topological polar surface area (TPSA) is 61.0 Å². The van der Waals surface area contributed by atoms with E-state index in [1.54, 1.807) is 17.7 Å². The third kappa shape index (κ3) is 4.35. The van der Waals surface area contributed by atoms with Crippen molar-refractivity contribution in [3.63, 3.8) is 0 Å². The van der Waals surface area contributed by atoms with E-state index in [-0.39, 0.29) is 11.9 Å². The van der Waals surface area contributed by atoms with Gasteiger partial charge in [-0.15, -0.1) is 11.3 Å². The Bertz CT molecular complexity index is 701. The first kappa shape index (κ1) is 17.7. The lowest BCUT2D eigenvalue weighted by atomic mass is 10.1. The van der Waals surface area contributed by atoms with Crippen molar-refractivity contribution in [3.05, 3.63) is 39.6 Å². The van der Waals surface area contributed by atoms with Gasteiger partial charge in [0, 0.05) is 35.9 Å². The molecule has 0 bridgehead atoms. The van der Waals surface area contributed by atoms with Crippen LogP contribution in [0.15, 0.2) is 18.6 Å².